The van der Waals surface area contributed by atoms with Gasteiger partial charge in [-0.15, -0.1) is 0 Å². The maximum atomic E-state index is 12.7. The zero-order valence-corrected chi connectivity index (χ0v) is 23.5. The average molecular weight is 482 g/mol. The molecule has 1 saturated carbocycles. The van der Waals surface area contributed by atoms with E-state index in [0.717, 1.165) is 38.6 Å². The molecule has 0 aromatic heterocycles. The SMILES string of the molecule is CCCCCCCCCCCC(=O)NCCC[N+](C)(C)CC(=O)O[C@H]1C[C@@H](C)CC[C@@H]1C(C)C. The second-order valence-electron chi connectivity index (χ2n) is 12.0. The van der Waals surface area contributed by atoms with Crippen molar-refractivity contribution in [3.8, 4) is 0 Å². The molecule has 1 aliphatic rings. The zero-order chi connectivity index (χ0) is 25.4. The summed E-state index contributed by atoms with van der Waals surface area (Å²) in [6.45, 7) is 10.9. The first kappa shape index (κ1) is 30.9. The summed E-state index contributed by atoms with van der Waals surface area (Å²) in [7, 11) is 4.16. The lowest BCUT2D eigenvalue weighted by molar-refractivity contribution is -0.883. The van der Waals surface area contributed by atoms with Crippen molar-refractivity contribution < 1.29 is 18.8 Å². The van der Waals surface area contributed by atoms with Gasteiger partial charge in [0.2, 0.25) is 5.91 Å². The number of amides is 1. The van der Waals surface area contributed by atoms with Gasteiger partial charge in [0.25, 0.3) is 0 Å². The maximum absolute atomic E-state index is 12.7. The minimum absolute atomic E-state index is 0.0663. The average Bonchev–Trinajstić information content (AvgIpc) is 2.75. The number of ether oxygens (including phenoxy) is 1. The van der Waals surface area contributed by atoms with Crippen molar-refractivity contribution in [1.29, 1.82) is 0 Å². The normalized spacial score (nSPS) is 21.0. The number of unbranched alkanes of at least 4 members (excludes halogenated alkanes) is 8. The highest BCUT2D eigenvalue weighted by Crippen LogP contribution is 2.35. The van der Waals surface area contributed by atoms with Gasteiger partial charge in [-0.25, -0.2) is 4.79 Å². The molecule has 0 aromatic carbocycles. The summed E-state index contributed by atoms with van der Waals surface area (Å²) >= 11 is 0. The molecule has 0 aromatic rings. The summed E-state index contributed by atoms with van der Waals surface area (Å²) in [6.07, 6.45) is 16.4. The van der Waals surface area contributed by atoms with Crippen molar-refractivity contribution in [3.05, 3.63) is 0 Å². The fourth-order valence-electron chi connectivity index (χ4n) is 5.30. The molecule has 0 aliphatic heterocycles. The Morgan fingerprint density at radius 1 is 0.941 bits per heavy atom. The summed E-state index contributed by atoms with van der Waals surface area (Å²) < 4.78 is 6.59. The van der Waals surface area contributed by atoms with Gasteiger partial charge in [-0.2, -0.15) is 0 Å². The lowest BCUT2D eigenvalue weighted by Crippen LogP contribution is -2.47. The third-order valence-electron chi connectivity index (χ3n) is 7.57. The summed E-state index contributed by atoms with van der Waals surface area (Å²) in [4.78, 5) is 24.8. The van der Waals surface area contributed by atoms with Gasteiger partial charge >= 0.3 is 5.97 Å². The second kappa shape index (κ2) is 17.3. The van der Waals surface area contributed by atoms with Gasteiger partial charge in [0.15, 0.2) is 6.54 Å². The van der Waals surface area contributed by atoms with Crippen LogP contribution in [0.2, 0.25) is 0 Å². The van der Waals surface area contributed by atoms with Crippen LogP contribution in [0.25, 0.3) is 0 Å². The van der Waals surface area contributed by atoms with Crippen LogP contribution < -0.4 is 5.32 Å². The first-order valence-electron chi connectivity index (χ1n) is 14.4. The fraction of sp³-hybridized carbons (Fsp3) is 0.931. The highest BCUT2D eigenvalue weighted by atomic mass is 16.5. The van der Waals surface area contributed by atoms with Crippen LogP contribution in [0.4, 0.5) is 0 Å². The lowest BCUT2D eigenvalue weighted by atomic mass is 9.75. The third kappa shape index (κ3) is 14.3. The molecule has 0 saturated heterocycles. The number of hydrogen-bond donors (Lipinski definition) is 1. The Balaban J connectivity index is 2.14. The van der Waals surface area contributed by atoms with Gasteiger partial charge in [0.05, 0.1) is 20.6 Å². The predicted molar refractivity (Wildman–Crippen MR) is 143 cm³/mol. The van der Waals surface area contributed by atoms with Crippen LogP contribution in [0.3, 0.4) is 0 Å². The number of rotatable bonds is 18. The first-order chi connectivity index (χ1) is 16.1. The molecule has 0 radical (unpaired) electrons. The Hall–Kier alpha value is -1.10. The van der Waals surface area contributed by atoms with E-state index in [9.17, 15) is 9.59 Å². The molecule has 0 heterocycles. The molecule has 0 bridgehead atoms. The van der Waals surface area contributed by atoms with Gasteiger partial charge in [-0.05, 0) is 37.0 Å². The number of hydrogen-bond acceptors (Lipinski definition) is 3. The molecule has 1 aliphatic carbocycles. The molecule has 34 heavy (non-hydrogen) atoms. The van der Waals surface area contributed by atoms with Crippen LogP contribution in [0.5, 0.6) is 0 Å². The van der Waals surface area contributed by atoms with Crippen molar-refractivity contribution in [1.82, 2.24) is 5.32 Å². The topological polar surface area (TPSA) is 55.4 Å². The van der Waals surface area contributed by atoms with E-state index in [1.807, 2.05) is 0 Å². The molecule has 1 rings (SSSR count). The molecular weight excluding hydrogens is 424 g/mol. The number of esters is 1. The van der Waals surface area contributed by atoms with Crippen molar-refractivity contribution in [2.24, 2.45) is 17.8 Å². The van der Waals surface area contributed by atoms with Crippen molar-refractivity contribution in [3.63, 3.8) is 0 Å². The molecule has 3 atom stereocenters. The molecule has 5 nitrogen and oxygen atoms in total. The van der Waals surface area contributed by atoms with Crippen LogP contribution in [0, 0.1) is 17.8 Å². The van der Waals surface area contributed by atoms with Crippen LogP contribution in [-0.4, -0.2) is 56.2 Å². The quantitative estimate of drug-likeness (QED) is 0.138. The number of likely N-dealkylation sites (N-methyl/N-ethyl adjacent to an activating group) is 1. The zero-order valence-electron chi connectivity index (χ0n) is 23.5. The molecule has 200 valence electrons. The Morgan fingerprint density at radius 3 is 2.18 bits per heavy atom. The number of nitrogens with zero attached hydrogens (tertiary/aromatic N) is 1. The molecule has 1 amide bonds. The van der Waals surface area contributed by atoms with Gasteiger partial charge in [-0.1, -0.05) is 85.5 Å². The summed E-state index contributed by atoms with van der Waals surface area (Å²) in [5.41, 5.74) is 0. The van der Waals surface area contributed by atoms with Crippen molar-refractivity contribution in [2.45, 2.75) is 124 Å². The smallest absolute Gasteiger partial charge is 0.362 e. The summed E-state index contributed by atoms with van der Waals surface area (Å²) in [5, 5.41) is 3.06. The number of carbonyl (C=O) groups is 2. The third-order valence-corrected chi connectivity index (χ3v) is 7.57. The highest BCUT2D eigenvalue weighted by Gasteiger charge is 2.34. The van der Waals surface area contributed by atoms with Gasteiger partial charge in [0, 0.05) is 19.4 Å². The van der Waals surface area contributed by atoms with Crippen LogP contribution >= 0.6 is 0 Å². The van der Waals surface area contributed by atoms with Gasteiger partial charge in [0.1, 0.15) is 6.10 Å². The van der Waals surface area contributed by atoms with E-state index in [-0.39, 0.29) is 18.0 Å². The van der Waals surface area contributed by atoms with Crippen LogP contribution in [-0.2, 0) is 14.3 Å². The van der Waals surface area contributed by atoms with E-state index in [1.54, 1.807) is 0 Å². The Kier molecular flexibility index (Phi) is 15.8. The summed E-state index contributed by atoms with van der Waals surface area (Å²) in [5.74, 6) is 1.75. The fourth-order valence-corrected chi connectivity index (χ4v) is 5.30. The molecule has 0 unspecified atom stereocenters. The number of nitrogens with one attached hydrogen (secondary N) is 1. The molecule has 5 heteroatoms. The Morgan fingerprint density at radius 2 is 1.56 bits per heavy atom. The van der Waals surface area contributed by atoms with E-state index >= 15 is 0 Å². The molecule has 1 fully saturated rings. The largest absolute Gasteiger partial charge is 0.458 e. The first-order valence-corrected chi connectivity index (χ1v) is 14.4. The standard InChI is InChI=1S/C29H56N2O3/c1-7-8-9-10-11-12-13-14-15-17-28(32)30-20-16-21-31(5,6)23-29(33)34-27-22-25(4)18-19-26(27)24(2)3/h24-27H,7-23H2,1-6H3/p+1/t25-,26+,27-/m0/s1. The molecule has 1 N–H and O–H groups in total. The molecule has 0 spiro atoms. The van der Waals surface area contributed by atoms with Gasteiger partial charge < -0.3 is 14.5 Å². The van der Waals surface area contributed by atoms with E-state index in [1.165, 1.54) is 51.4 Å². The Bertz CT molecular complexity index is 562. The van der Waals surface area contributed by atoms with Crippen LogP contribution in [0.1, 0.15) is 118 Å². The second-order valence-corrected chi connectivity index (χ2v) is 12.0. The minimum atomic E-state index is -0.0795. The number of carbonyl (C=O) groups excluding carboxylic acids is 2. The van der Waals surface area contributed by atoms with E-state index < -0.39 is 0 Å². The minimum Gasteiger partial charge on any atom is -0.458 e. The Labute approximate surface area is 211 Å². The van der Waals surface area contributed by atoms with Crippen molar-refractivity contribution >= 4 is 11.9 Å². The van der Waals surface area contributed by atoms with E-state index in [4.69, 9.17) is 4.74 Å². The monoisotopic (exact) mass is 481 g/mol. The summed E-state index contributed by atoms with van der Waals surface area (Å²) in [6, 6.07) is 0. The number of quaternary nitrogens is 1. The van der Waals surface area contributed by atoms with Gasteiger partial charge in [-0.3, -0.25) is 4.79 Å². The van der Waals surface area contributed by atoms with Crippen LogP contribution in [0.15, 0.2) is 0 Å². The predicted octanol–water partition coefficient (Wildman–Crippen LogP) is 6.49. The van der Waals surface area contributed by atoms with Crippen molar-refractivity contribution in [2.75, 3.05) is 33.7 Å². The maximum Gasteiger partial charge on any atom is 0.362 e. The lowest BCUT2D eigenvalue weighted by Gasteiger charge is -2.37. The van der Waals surface area contributed by atoms with E-state index in [2.05, 4.69) is 47.1 Å². The van der Waals surface area contributed by atoms with E-state index in [0.29, 0.717) is 41.7 Å². The molecular formula is C29H57N2O3+. The highest BCUT2D eigenvalue weighted by molar-refractivity contribution is 5.75.